The standard InChI is InChI=1S/C23H26F3N7O/c1-14(2)19-12-31(4)22(34)33(19)20-9-10-27-21(30-20)29-15(3)18-11-32(13-28-18)17-7-5-16(6-8-17)23(24,25)26/h5-11,13-15,19H,12H2,1-4H3,(H,27,29,30)/t15-,19?/m0/s1/i12D2. The van der Waals surface area contributed by atoms with E-state index in [9.17, 15) is 18.0 Å². The van der Waals surface area contributed by atoms with E-state index >= 15 is 0 Å². The van der Waals surface area contributed by atoms with Gasteiger partial charge in [0.15, 0.2) is 0 Å². The van der Waals surface area contributed by atoms with Gasteiger partial charge in [-0.2, -0.15) is 18.2 Å². The molecule has 1 saturated heterocycles. The van der Waals surface area contributed by atoms with E-state index in [-0.39, 0.29) is 23.7 Å². The van der Waals surface area contributed by atoms with E-state index in [0.29, 0.717) is 11.4 Å². The quantitative estimate of drug-likeness (QED) is 0.557. The van der Waals surface area contributed by atoms with Gasteiger partial charge in [-0.25, -0.2) is 14.8 Å². The largest absolute Gasteiger partial charge is 0.416 e. The Kier molecular flexibility index (Phi) is 5.52. The van der Waals surface area contributed by atoms with Crippen LogP contribution in [0.5, 0.6) is 0 Å². The number of benzene rings is 1. The molecular formula is C23H26F3N7O. The van der Waals surface area contributed by atoms with Crippen molar-refractivity contribution in [2.45, 2.75) is 39.0 Å². The predicted molar refractivity (Wildman–Crippen MR) is 122 cm³/mol. The number of halogens is 3. The molecule has 0 bridgehead atoms. The summed E-state index contributed by atoms with van der Waals surface area (Å²) >= 11 is 0. The third-order valence-corrected chi connectivity index (χ3v) is 5.50. The number of rotatable bonds is 6. The Morgan fingerprint density at radius 3 is 2.50 bits per heavy atom. The predicted octanol–water partition coefficient (Wildman–Crippen LogP) is 4.75. The molecule has 0 spiro atoms. The molecule has 0 radical (unpaired) electrons. The molecule has 11 heteroatoms. The van der Waals surface area contributed by atoms with E-state index in [1.807, 2.05) is 20.8 Å². The lowest BCUT2D eigenvalue weighted by Gasteiger charge is -2.25. The SMILES string of the molecule is [2H]C1([2H])C(C(C)C)N(c2ccnc(N[C@@H](C)c3cn(-c4ccc(C(F)(F)F)cc4)cn3)n2)C(=O)N1C. The number of anilines is 2. The average molecular weight is 476 g/mol. The topological polar surface area (TPSA) is 79.2 Å². The van der Waals surface area contributed by atoms with Gasteiger partial charge in [-0.1, -0.05) is 13.8 Å². The molecule has 4 rings (SSSR count). The van der Waals surface area contributed by atoms with Gasteiger partial charge in [0.1, 0.15) is 5.82 Å². The fourth-order valence-corrected chi connectivity index (χ4v) is 3.63. The molecule has 1 N–H and O–H groups in total. The first kappa shape index (κ1) is 20.9. The van der Waals surface area contributed by atoms with Crippen LogP contribution < -0.4 is 10.2 Å². The summed E-state index contributed by atoms with van der Waals surface area (Å²) in [6.45, 7) is 3.64. The van der Waals surface area contributed by atoms with Gasteiger partial charge >= 0.3 is 12.2 Å². The monoisotopic (exact) mass is 475 g/mol. The van der Waals surface area contributed by atoms with E-state index in [1.165, 1.54) is 36.6 Å². The molecule has 2 aromatic heterocycles. The van der Waals surface area contributed by atoms with Crippen LogP contribution in [0.4, 0.5) is 29.7 Å². The number of imidazole rings is 1. The minimum Gasteiger partial charge on any atom is -0.346 e. The maximum Gasteiger partial charge on any atom is 0.416 e. The van der Waals surface area contributed by atoms with Gasteiger partial charge in [0.05, 0.1) is 32.4 Å². The van der Waals surface area contributed by atoms with E-state index < -0.39 is 30.3 Å². The van der Waals surface area contributed by atoms with Crippen molar-refractivity contribution in [1.29, 1.82) is 0 Å². The number of hydrogen-bond donors (Lipinski definition) is 1. The summed E-state index contributed by atoms with van der Waals surface area (Å²) in [6.07, 6.45) is 0.267. The highest BCUT2D eigenvalue weighted by Gasteiger charge is 2.38. The molecule has 8 nitrogen and oxygen atoms in total. The smallest absolute Gasteiger partial charge is 0.346 e. The van der Waals surface area contributed by atoms with Crippen LogP contribution in [-0.2, 0) is 6.18 Å². The van der Waals surface area contributed by atoms with E-state index in [4.69, 9.17) is 2.74 Å². The fraction of sp³-hybridized carbons (Fsp3) is 0.391. The second-order valence-corrected chi connectivity index (χ2v) is 8.38. The van der Waals surface area contributed by atoms with Crippen molar-refractivity contribution in [3.63, 3.8) is 0 Å². The normalized spacial score (nSPS) is 19.9. The summed E-state index contributed by atoms with van der Waals surface area (Å²) in [7, 11) is 1.42. The van der Waals surface area contributed by atoms with Crippen molar-refractivity contribution in [2.24, 2.45) is 5.92 Å². The summed E-state index contributed by atoms with van der Waals surface area (Å²) in [5.74, 6) is 0.315. The van der Waals surface area contributed by atoms with Crippen molar-refractivity contribution in [2.75, 3.05) is 23.8 Å². The zero-order chi connectivity index (χ0) is 26.4. The first-order chi connectivity index (χ1) is 16.8. The van der Waals surface area contributed by atoms with Gasteiger partial charge in [0.25, 0.3) is 0 Å². The molecule has 180 valence electrons. The summed E-state index contributed by atoms with van der Waals surface area (Å²) in [5, 5.41) is 3.11. The maximum absolute atomic E-state index is 12.9. The molecule has 2 atom stereocenters. The zero-order valence-corrected chi connectivity index (χ0v) is 19.1. The van der Waals surface area contributed by atoms with E-state index in [1.54, 1.807) is 16.8 Å². The van der Waals surface area contributed by atoms with Gasteiger partial charge in [-0.15, -0.1) is 0 Å². The first-order valence-electron chi connectivity index (χ1n) is 11.7. The Balaban J connectivity index is 1.53. The zero-order valence-electron chi connectivity index (χ0n) is 21.1. The lowest BCUT2D eigenvalue weighted by molar-refractivity contribution is -0.137. The number of nitrogens with one attached hydrogen (secondary N) is 1. The Morgan fingerprint density at radius 2 is 1.85 bits per heavy atom. The number of amides is 2. The van der Waals surface area contributed by atoms with Crippen LogP contribution in [0, 0.1) is 5.92 Å². The molecule has 0 aliphatic carbocycles. The van der Waals surface area contributed by atoms with Crippen LogP contribution in [0.2, 0.25) is 0 Å². The summed E-state index contributed by atoms with van der Waals surface area (Å²) in [6, 6.07) is 4.71. The van der Waals surface area contributed by atoms with Crippen molar-refractivity contribution in [3.05, 3.63) is 60.3 Å². The van der Waals surface area contributed by atoms with Crippen molar-refractivity contribution in [3.8, 4) is 5.69 Å². The molecule has 3 aromatic rings. The van der Waals surface area contributed by atoms with Gasteiger partial charge in [-0.05, 0) is 43.2 Å². The molecule has 1 aliphatic heterocycles. The van der Waals surface area contributed by atoms with Crippen LogP contribution in [-0.4, -0.2) is 50.0 Å². The number of carbonyl (C=O) groups is 1. The molecule has 3 heterocycles. The Bertz CT molecular complexity index is 1250. The highest BCUT2D eigenvalue weighted by atomic mass is 19.4. The average Bonchev–Trinajstić information content (AvgIpc) is 3.37. The van der Waals surface area contributed by atoms with Crippen molar-refractivity contribution < 1.29 is 20.7 Å². The molecule has 2 amide bonds. The number of hydrogen-bond acceptors (Lipinski definition) is 5. The van der Waals surface area contributed by atoms with Gasteiger partial charge in [0.2, 0.25) is 5.95 Å². The second-order valence-electron chi connectivity index (χ2n) is 8.38. The van der Waals surface area contributed by atoms with Crippen LogP contribution >= 0.6 is 0 Å². The minimum atomic E-state index is -4.40. The highest BCUT2D eigenvalue weighted by molar-refractivity contribution is 5.94. The van der Waals surface area contributed by atoms with Gasteiger partial charge in [-0.3, -0.25) is 4.90 Å². The first-order valence-corrected chi connectivity index (χ1v) is 10.7. The van der Waals surface area contributed by atoms with Crippen molar-refractivity contribution in [1.82, 2.24) is 24.4 Å². The van der Waals surface area contributed by atoms with E-state index in [2.05, 4.69) is 20.3 Å². The van der Waals surface area contributed by atoms with Crippen LogP contribution in [0.1, 0.15) is 40.8 Å². The molecule has 1 unspecified atom stereocenters. The fourth-order valence-electron chi connectivity index (χ4n) is 3.63. The Hall–Kier alpha value is -3.63. The number of nitrogens with zero attached hydrogens (tertiary/aromatic N) is 6. The molecule has 1 aliphatic rings. The lowest BCUT2D eigenvalue weighted by atomic mass is 10.0. The third-order valence-electron chi connectivity index (χ3n) is 5.50. The molecule has 0 saturated carbocycles. The number of carbonyl (C=O) groups excluding carboxylic acids is 1. The maximum atomic E-state index is 12.9. The summed E-state index contributed by atoms with van der Waals surface area (Å²) < 4.78 is 56.9. The number of likely N-dealkylation sites (N-methyl/N-ethyl adjacent to an activating group) is 1. The van der Waals surface area contributed by atoms with E-state index in [0.717, 1.165) is 17.0 Å². The molecule has 1 aromatic carbocycles. The number of urea groups is 1. The van der Waals surface area contributed by atoms with Crippen molar-refractivity contribution >= 4 is 17.8 Å². The Labute approximate surface area is 198 Å². The molecule has 1 fully saturated rings. The third kappa shape index (κ3) is 4.68. The summed E-state index contributed by atoms with van der Waals surface area (Å²) in [4.78, 5) is 28.3. The molecule has 34 heavy (non-hydrogen) atoms. The summed E-state index contributed by atoms with van der Waals surface area (Å²) in [5.41, 5.74) is 0.393. The lowest BCUT2D eigenvalue weighted by Crippen LogP contribution is -2.38. The highest BCUT2D eigenvalue weighted by Crippen LogP contribution is 2.30. The van der Waals surface area contributed by atoms with Crippen LogP contribution in [0.15, 0.2) is 49.1 Å². The van der Waals surface area contributed by atoms with Gasteiger partial charge < -0.3 is 14.8 Å². The van der Waals surface area contributed by atoms with Gasteiger partial charge in [0, 0.05) is 31.6 Å². The number of aromatic nitrogens is 4. The second kappa shape index (κ2) is 8.96. The van der Waals surface area contributed by atoms with Crippen LogP contribution in [0.3, 0.4) is 0 Å². The molecular weight excluding hydrogens is 447 g/mol. The Morgan fingerprint density at radius 1 is 1.15 bits per heavy atom. The van der Waals surface area contributed by atoms with Crippen LogP contribution in [0.25, 0.3) is 5.69 Å². The minimum absolute atomic E-state index is 0.173. The number of alkyl halides is 3.